The number of carbonyl (C=O) groups is 4. The number of amides is 4. The summed E-state index contributed by atoms with van der Waals surface area (Å²) >= 11 is 37.8. The lowest BCUT2D eigenvalue weighted by molar-refractivity contribution is -0.129. The molecule has 0 radical (unpaired) electrons. The highest BCUT2D eigenvalue weighted by Crippen LogP contribution is 2.40. The number of benzene rings is 6. The summed E-state index contributed by atoms with van der Waals surface area (Å²) in [5, 5.41) is 28.2. The largest absolute Gasteiger partial charge is 0.486 e. The number of rotatable bonds is 17. The van der Waals surface area contributed by atoms with Crippen molar-refractivity contribution in [2.45, 2.75) is 91.7 Å². The van der Waals surface area contributed by atoms with E-state index in [1.54, 1.807) is 61.0 Å². The Labute approximate surface area is 661 Å². The molecule has 5 atom stereocenters. The monoisotopic (exact) mass is 1580 g/mol. The molecule has 109 heavy (non-hydrogen) atoms. The van der Waals surface area contributed by atoms with E-state index in [1.165, 1.54) is 0 Å². The molecule has 5 unspecified atom stereocenters. The van der Waals surface area contributed by atoms with Crippen molar-refractivity contribution < 1.29 is 33.4 Å². The van der Waals surface area contributed by atoms with Gasteiger partial charge in [0.05, 0.1) is 52.7 Å². The first-order valence-electron chi connectivity index (χ1n) is 35.9. The van der Waals surface area contributed by atoms with E-state index in [0.717, 1.165) is 119 Å². The standard InChI is InChI=1S/C28H27Cl2N5O3.C28H29Cl2N5O2.C26H24Cl2N4O2/c1-16(26-23(29)13-31-14-24(26)30)38-21-8-9-25-22(12-21)27(33-32-25)18-4-6-19(7-5-18)28(37)35-11-10-20(15-35)34(3)17(2)36;1-17(2)34-10-12-35(13-11-34)28(36)20-6-4-19(5-7-20)27-22-14-21(8-9-25(22)32-33-27)37-18(3)26-23(29)15-31-16-24(26)30;1-15-9-10-32(14-15)26(33)18-5-3-17(4-6-18)25-20-11-19(7-8-23(20)30-31-25)34-16(2)24-21(27)12-29-13-22(24)28/h4-9,12-14,16,20H,10-11,15H2,1-3H3,(H,32,33);4-9,14-18H,10-13H2,1-3H3,(H,32,33);3-8,11-13,15-16H,9-10,14H2,1-2H3,(H,30,31). The Hall–Kier alpha value is -9.84. The van der Waals surface area contributed by atoms with Gasteiger partial charge >= 0.3 is 0 Å². The van der Waals surface area contributed by atoms with E-state index in [2.05, 4.69) is 71.2 Å². The summed E-state index contributed by atoms with van der Waals surface area (Å²) in [5.41, 5.74) is 11.7. The molecule has 6 aromatic heterocycles. The number of halogens is 6. The average Bonchev–Trinajstić information content (AvgIpc) is 1.67. The van der Waals surface area contributed by atoms with Crippen LogP contribution in [-0.4, -0.2) is 165 Å². The molecule has 562 valence electrons. The van der Waals surface area contributed by atoms with Gasteiger partial charge in [0, 0.05) is 176 Å². The SMILES string of the molecule is CC(=O)N(C)C1CCN(C(=O)c2ccc(-c3n[nH]c4ccc(OC(C)c5c(Cl)cncc5Cl)cc34)cc2)C1.CC(Oc1ccc2[nH]nc(-c3ccc(C(=O)N4CCN(C(C)C)CC4)cc3)c2c1)c1c(Cl)cncc1Cl.CC1CCN(C(=O)c2ccc(-c3n[nH]c4ccc(OC(C)c5c(Cl)cncc5Cl)cc34)cc2)C1. The third-order valence-corrected chi connectivity index (χ3v) is 22.0. The fraction of sp³-hybridized carbons (Fsp3) is 0.293. The molecule has 0 spiro atoms. The van der Waals surface area contributed by atoms with Crippen LogP contribution >= 0.6 is 69.6 Å². The molecule has 9 heterocycles. The van der Waals surface area contributed by atoms with Gasteiger partial charge in [0.25, 0.3) is 17.7 Å². The van der Waals surface area contributed by atoms with E-state index in [9.17, 15) is 19.2 Å². The predicted octanol–water partition coefficient (Wildman–Crippen LogP) is 18.6. The lowest BCUT2D eigenvalue weighted by Crippen LogP contribution is -2.50. The van der Waals surface area contributed by atoms with Crippen LogP contribution in [0, 0.1) is 5.92 Å². The first-order valence-corrected chi connectivity index (χ1v) is 38.2. The molecular weight excluding hydrogens is 1510 g/mol. The van der Waals surface area contributed by atoms with Crippen LogP contribution in [-0.2, 0) is 4.79 Å². The Morgan fingerprint density at radius 1 is 0.431 bits per heavy atom. The average molecular weight is 1590 g/mol. The minimum atomic E-state index is -0.392. The number of ether oxygens (including phenoxy) is 3. The quantitative estimate of drug-likeness (QED) is 0.0769. The smallest absolute Gasteiger partial charge is 0.253 e. The van der Waals surface area contributed by atoms with E-state index in [4.69, 9.17) is 83.8 Å². The molecule has 0 bridgehead atoms. The van der Waals surface area contributed by atoms with Crippen LogP contribution in [0.25, 0.3) is 66.5 Å². The molecule has 0 aliphatic carbocycles. The minimum absolute atomic E-state index is 0.00728. The predicted molar refractivity (Wildman–Crippen MR) is 430 cm³/mol. The van der Waals surface area contributed by atoms with Crippen LogP contribution in [0.5, 0.6) is 17.2 Å². The molecule has 3 aliphatic rings. The number of hydrogen-bond acceptors (Lipinski definition) is 14. The Morgan fingerprint density at radius 3 is 1.06 bits per heavy atom. The summed E-state index contributed by atoms with van der Waals surface area (Å²) in [6.45, 7) is 19.9. The molecule has 3 saturated heterocycles. The molecule has 3 N–H and O–H groups in total. The van der Waals surface area contributed by atoms with Crippen LogP contribution in [0.3, 0.4) is 0 Å². The van der Waals surface area contributed by atoms with Crippen molar-refractivity contribution in [3.63, 3.8) is 0 Å². The molecule has 21 nitrogen and oxygen atoms in total. The maximum atomic E-state index is 13.1. The molecule has 0 saturated carbocycles. The Kier molecular flexibility index (Phi) is 24.1. The molecule has 27 heteroatoms. The van der Waals surface area contributed by atoms with Gasteiger partial charge in [-0.2, -0.15) is 15.3 Å². The van der Waals surface area contributed by atoms with Crippen molar-refractivity contribution in [2.24, 2.45) is 5.92 Å². The number of likely N-dealkylation sites (tertiary alicyclic amines) is 2. The number of aromatic amines is 3. The number of fused-ring (bicyclic) bond motifs is 3. The number of H-pyrrole nitrogens is 3. The van der Waals surface area contributed by atoms with Crippen molar-refractivity contribution in [1.29, 1.82) is 0 Å². The molecule has 6 aromatic carbocycles. The van der Waals surface area contributed by atoms with E-state index in [-0.39, 0.29) is 41.9 Å². The number of hydrogen-bond donors (Lipinski definition) is 3. The first-order chi connectivity index (χ1) is 52.4. The summed E-state index contributed by atoms with van der Waals surface area (Å²) in [4.78, 5) is 72.3. The van der Waals surface area contributed by atoms with Crippen molar-refractivity contribution in [3.05, 3.63) is 228 Å². The molecule has 3 aliphatic heterocycles. The van der Waals surface area contributed by atoms with Crippen LogP contribution in [0.2, 0.25) is 30.1 Å². The van der Waals surface area contributed by atoms with Gasteiger partial charge in [-0.15, -0.1) is 0 Å². The van der Waals surface area contributed by atoms with E-state index in [0.29, 0.717) is 106 Å². The third-order valence-electron chi connectivity index (χ3n) is 20.2. The van der Waals surface area contributed by atoms with Gasteiger partial charge in [0.1, 0.15) is 52.6 Å². The summed E-state index contributed by atoms with van der Waals surface area (Å²) in [5.74, 6) is 2.65. The lowest BCUT2D eigenvalue weighted by Gasteiger charge is -2.37. The lowest BCUT2D eigenvalue weighted by atomic mass is 10.0. The second-order valence-electron chi connectivity index (χ2n) is 27.8. The van der Waals surface area contributed by atoms with Crippen molar-refractivity contribution >= 4 is 126 Å². The highest BCUT2D eigenvalue weighted by molar-refractivity contribution is 6.37. The van der Waals surface area contributed by atoms with Gasteiger partial charge in [-0.25, -0.2) is 0 Å². The van der Waals surface area contributed by atoms with Crippen LogP contribution in [0.1, 0.15) is 127 Å². The Morgan fingerprint density at radius 2 is 0.752 bits per heavy atom. The molecule has 15 rings (SSSR count). The number of piperazine rings is 1. The Bertz CT molecular complexity index is 5240. The zero-order valence-electron chi connectivity index (χ0n) is 61.2. The van der Waals surface area contributed by atoms with Gasteiger partial charge in [0.15, 0.2) is 0 Å². The highest BCUT2D eigenvalue weighted by Gasteiger charge is 2.32. The van der Waals surface area contributed by atoms with E-state index < -0.39 is 6.10 Å². The van der Waals surface area contributed by atoms with Crippen LogP contribution in [0.15, 0.2) is 165 Å². The number of pyridine rings is 3. The topological polar surface area (TPSA) is 237 Å². The van der Waals surface area contributed by atoms with Gasteiger partial charge in [-0.1, -0.05) is 113 Å². The van der Waals surface area contributed by atoms with Gasteiger partial charge < -0.3 is 33.8 Å². The maximum Gasteiger partial charge on any atom is 0.253 e. The fourth-order valence-corrected chi connectivity index (χ4v) is 16.0. The second-order valence-corrected chi connectivity index (χ2v) is 30.2. The number of nitrogens with zero attached hydrogens (tertiary/aromatic N) is 11. The van der Waals surface area contributed by atoms with Crippen LogP contribution in [0.4, 0.5) is 0 Å². The van der Waals surface area contributed by atoms with Crippen molar-refractivity contribution in [2.75, 3.05) is 59.4 Å². The zero-order valence-corrected chi connectivity index (χ0v) is 65.7. The molecule has 12 aromatic rings. The molecular formula is C82H80Cl6N14O7. The summed E-state index contributed by atoms with van der Waals surface area (Å²) < 4.78 is 18.5. The van der Waals surface area contributed by atoms with Crippen molar-refractivity contribution in [3.8, 4) is 51.0 Å². The highest BCUT2D eigenvalue weighted by atomic mass is 35.5. The Balaban J connectivity index is 0.000000144. The molecule has 3 fully saturated rings. The second kappa shape index (κ2) is 34.0. The zero-order chi connectivity index (χ0) is 76.9. The van der Waals surface area contributed by atoms with Crippen LogP contribution < -0.4 is 14.2 Å². The fourth-order valence-electron chi connectivity index (χ4n) is 14.0. The summed E-state index contributed by atoms with van der Waals surface area (Å²) in [6, 6.07) is 40.4. The third kappa shape index (κ3) is 17.4. The minimum Gasteiger partial charge on any atom is -0.486 e. The van der Waals surface area contributed by atoms with Gasteiger partial charge in [-0.3, -0.25) is 54.3 Å². The van der Waals surface area contributed by atoms with E-state index in [1.807, 2.05) is 158 Å². The first kappa shape index (κ1) is 77.3. The summed E-state index contributed by atoms with van der Waals surface area (Å²) in [7, 11) is 1.78. The number of nitrogens with one attached hydrogen (secondary N) is 3. The van der Waals surface area contributed by atoms with Gasteiger partial charge in [-0.05, 0) is 144 Å². The number of likely N-dealkylation sites (N-methyl/N-ethyl adjacent to an activating group) is 1. The van der Waals surface area contributed by atoms with Crippen molar-refractivity contribution in [1.82, 2.24) is 70.0 Å². The van der Waals surface area contributed by atoms with E-state index >= 15 is 0 Å². The normalized spacial score (nSPS) is 16.0. The van der Waals surface area contributed by atoms with Gasteiger partial charge in [0.2, 0.25) is 5.91 Å². The summed E-state index contributed by atoms with van der Waals surface area (Å²) in [6.07, 6.45) is 10.0. The number of aromatic nitrogens is 9. The maximum absolute atomic E-state index is 13.1. The number of carbonyl (C=O) groups excluding carboxylic acids is 4. The molecule has 4 amide bonds.